The van der Waals surface area contributed by atoms with Gasteiger partial charge in [-0.25, -0.2) is 9.37 Å². The molecule has 2 aromatic rings. The lowest BCUT2D eigenvalue weighted by atomic mass is 10.1. The molecule has 35 heavy (non-hydrogen) atoms. The summed E-state index contributed by atoms with van der Waals surface area (Å²) >= 11 is 0. The Morgan fingerprint density at radius 2 is 2.14 bits per heavy atom. The molecule has 1 fully saturated rings. The normalized spacial score (nSPS) is 21.8. The number of hydrogen-bond acceptors (Lipinski definition) is 7. The molecule has 1 aromatic carbocycles. The number of halogens is 1. The first kappa shape index (κ1) is 23.3. The van der Waals surface area contributed by atoms with Gasteiger partial charge < -0.3 is 29.2 Å². The predicted octanol–water partition coefficient (Wildman–Crippen LogP) is 2.88. The molecule has 0 aliphatic carbocycles. The van der Waals surface area contributed by atoms with E-state index in [-0.39, 0.29) is 48.5 Å². The molecule has 2 amide bonds. The molecular weight excluding hydrogens is 457 g/mol. The predicted molar refractivity (Wildman–Crippen MR) is 124 cm³/mol. The fraction of sp³-hybridized carbons (Fsp3) is 0.480. The molecule has 10 heteroatoms. The first-order valence-electron chi connectivity index (χ1n) is 11.7. The van der Waals surface area contributed by atoms with Gasteiger partial charge in [-0.3, -0.25) is 9.59 Å². The van der Waals surface area contributed by atoms with Crippen LogP contribution in [-0.4, -0.2) is 66.8 Å². The van der Waals surface area contributed by atoms with Crippen LogP contribution in [0.4, 0.5) is 10.1 Å². The SMILES string of the molecule is COC[C@H](C)Oc1c(F)c(C)cc2c1C(=O)N1C[C@@H](Oc3cc4c(cn3)CCC(=O)N4)C[C@@H]1CO2. The molecule has 0 radical (unpaired) electrons. The number of rotatable bonds is 6. The topological polar surface area (TPSA) is 99.2 Å². The minimum atomic E-state index is -0.589. The van der Waals surface area contributed by atoms with Crippen molar-refractivity contribution in [3.63, 3.8) is 0 Å². The van der Waals surface area contributed by atoms with Gasteiger partial charge in [-0.15, -0.1) is 0 Å². The molecule has 3 aliphatic heterocycles. The van der Waals surface area contributed by atoms with Crippen molar-refractivity contribution in [3.05, 3.63) is 40.8 Å². The summed E-state index contributed by atoms with van der Waals surface area (Å²) in [5.41, 5.74) is 2.08. The molecule has 186 valence electrons. The van der Waals surface area contributed by atoms with Gasteiger partial charge in [0.15, 0.2) is 11.6 Å². The van der Waals surface area contributed by atoms with E-state index in [0.29, 0.717) is 48.7 Å². The Kier molecular flexibility index (Phi) is 6.22. The minimum absolute atomic E-state index is 0.0365. The molecule has 0 bridgehead atoms. The van der Waals surface area contributed by atoms with E-state index in [1.165, 1.54) is 13.2 Å². The fourth-order valence-corrected chi connectivity index (χ4v) is 4.80. The van der Waals surface area contributed by atoms with E-state index in [1.54, 1.807) is 31.0 Å². The van der Waals surface area contributed by atoms with Crippen molar-refractivity contribution in [1.82, 2.24) is 9.88 Å². The minimum Gasteiger partial charge on any atom is -0.490 e. The highest BCUT2D eigenvalue weighted by Crippen LogP contribution is 2.40. The lowest BCUT2D eigenvalue weighted by Crippen LogP contribution is -2.37. The van der Waals surface area contributed by atoms with Crippen LogP contribution in [0, 0.1) is 12.7 Å². The molecule has 0 spiro atoms. The second-order valence-electron chi connectivity index (χ2n) is 9.22. The zero-order valence-corrected chi connectivity index (χ0v) is 19.9. The fourth-order valence-electron chi connectivity index (χ4n) is 4.80. The average molecular weight is 486 g/mol. The number of anilines is 1. The van der Waals surface area contributed by atoms with Gasteiger partial charge in [-0.2, -0.15) is 0 Å². The molecule has 0 unspecified atom stereocenters. The molecule has 5 rings (SSSR count). The smallest absolute Gasteiger partial charge is 0.262 e. The molecule has 1 aromatic heterocycles. The number of pyridine rings is 1. The van der Waals surface area contributed by atoms with E-state index in [9.17, 15) is 9.59 Å². The van der Waals surface area contributed by atoms with Crippen molar-refractivity contribution < 1.29 is 32.9 Å². The monoisotopic (exact) mass is 485 g/mol. The van der Waals surface area contributed by atoms with Crippen LogP contribution in [0.3, 0.4) is 0 Å². The number of nitrogens with one attached hydrogen (secondary N) is 1. The van der Waals surface area contributed by atoms with Crippen LogP contribution < -0.4 is 19.5 Å². The molecule has 3 aliphatic rings. The summed E-state index contributed by atoms with van der Waals surface area (Å²) in [6.45, 7) is 4.15. The van der Waals surface area contributed by atoms with E-state index in [1.807, 2.05) is 0 Å². The standard InChI is InChI=1S/C25H28FN3O6/c1-13-6-19-22(24(23(13)26)34-14(2)11-32-3)25(31)29-10-17(7-16(29)12-33-19)35-21-8-18-15(9-27-21)4-5-20(30)28-18/h6,8-9,14,16-17H,4-5,7,10-12H2,1-3H3,(H,28,30)/t14-,16+,17-/m0/s1. The van der Waals surface area contributed by atoms with Gasteiger partial charge in [0.1, 0.15) is 30.1 Å². The third-order valence-electron chi connectivity index (χ3n) is 6.51. The Morgan fingerprint density at radius 1 is 1.31 bits per heavy atom. The van der Waals surface area contributed by atoms with Crippen molar-refractivity contribution in [1.29, 1.82) is 0 Å². The highest BCUT2D eigenvalue weighted by molar-refractivity contribution is 6.00. The largest absolute Gasteiger partial charge is 0.490 e. The zero-order valence-electron chi connectivity index (χ0n) is 19.9. The van der Waals surface area contributed by atoms with Gasteiger partial charge in [0.05, 0.1) is 24.9 Å². The second-order valence-corrected chi connectivity index (χ2v) is 9.22. The maximum atomic E-state index is 15.1. The van der Waals surface area contributed by atoms with Crippen LogP contribution in [0.15, 0.2) is 18.3 Å². The van der Waals surface area contributed by atoms with Crippen molar-refractivity contribution in [2.45, 2.75) is 51.4 Å². The number of ether oxygens (including phenoxy) is 4. The van der Waals surface area contributed by atoms with Crippen LogP contribution in [0.2, 0.25) is 0 Å². The number of aryl methyl sites for hydroxylation is 2. The van der Waals surface area contributed by atoms with Crippen LogP contribution in [-0.2, 0) is 16.0 Å². The summed E-state index contributed by atoms with van der Waals surface area (Å²) < 4.78 is 38.1. The van der Waals surface area contributed by atoms with E-state index in [4.69, 9.17) is 18.9 Å². The van der Waals surface area contributed by atoms with Crippen LogP contribution in [0.5, 0.6) is 17.4 Å². The first-order chi connectivity index (χ1) is 16.8. The number of aromatic nitrogens is 1. The van der Waals surface area contributed by atoms with Gasteiger partial charge in [-0.1, -0.05) is 0 Å². The average Bonchev–Trinajstić information content (AvgIpc) is 3.17. The molecule has 1 saturated heterocycles. The molecule has 0 saturated carbocycles. The summed E-state index contributed by atoms with van der Waals surface area (Å²) in [7, 11) is 1.53. The quantitative estimate of drug-likeness (QED) is 0.672. The highest BCUT2D eigenvalue weighted by atomic mass is 19.1. The number of benzene rings is 1. The number of carbonyl (C=O) groups excluding carboxylic acids is 2. The van der Waals surface area contributed by atoms with Crippen molar-refractivity contribution in [2.75, 3.05) is 32.2 Å². The summed E-state index contributed by atoms with van der Waals surface area (Å²) in [4.78, 5) is 31.4. The van der Waals surface area contributed by atoms with Gasteiger partial charge in [0.2, 0.25) is 11.8 Å². The van der Waals surface area contributed by atoms with Crippen molar-refractivity contribution in [3.8, 4) is 17.4 Å². The number of nitrogens with zero attached hydrogens (tertiary/aromatic N) is 2. The van der Waals surface area contributed by atoms with Gasteiger partial charge in [0, 0.05) is 32.2 Å². The van der Waals surface area contributed by atoms with Crippen molar-refractivity contribution >= 4 is 17.5 Å². The van der Waals surface area contributed by atoms with Crippen LogP contribution in [0.1, 0.15) is 41.3 Å². The summed E-state index contributed by atoms with van der Waals surface area (Å²) in [5.74, 6) is -0.418. The van der Waals surface area contributed by atoms with Crippen LogP contribution >= 0.6 is 0 Å². The van der Waals surface area contributed by atoms with Crippen molar-refractivity contribution in [2.24, 2.45) is 0 Å². The zero-order chi connectivity index (χ0) is 24.7. The Balaban J connectivity index is 1.37. The number of methoxy groups -OCH3 is 1. The van der Waals surface area contributed by atoms with E-state index in [0.717, 1.165) is 5.56 Å². The Bertz CT molecular complexity index is 1170. The Labute approximate surface area is 202 Å². The number of fused-ring (bicyclic) bond motifs is 3. The molecule has 4 heterocycles. The lowest BCUT2D eigenvalue weighted by molar-refractivity contribution is -0.116. The number of carbonyl (C=O) groups is 2. The molecular formula is C25H28FN3O6. The van der Waals surface area contributed by atoms with Gasteiger partial charge in [0.25, 0.3) is 5.91 Å². The summed E-state index contributed by atoms with van der Waals surface area (Å²) in [6.07, 6.45) is 2.53. The Hall–Kier alpha value is -3.40. The third kappa shape index (κ3) is 4.50. The molecule has 9 nitrogen and oxygen atoms in total. The number of hydrogen-bond donors (Lipinski definition) is 1. The summed E-state index contributed by atoms with van der Waals surface area (Å²) in [6, 6.07) is 3.01. The molecule has 3 atom stereocenters. The second kappa shape index (κ2) is 9.33. The van der Waals surface area contributed by atoms with Gasteiger partial charge >= 0.3 is 0 Å². The van der Waals surface area contributed by atoms with E-state index < -0.39 is 11.9 Å². The first-order valence-corrected chi connectivity index (χ1v) is 11.7. The third-order valence-corrected chi connectivity index (χ3v) is 6.51. The highest BCUT2D eigenvalue weighted by Gasteiger charge is 2.42. The maximum absolute atomic E-state index is 15.1. The lowest BCUT2D eigenvalue weighted by Gasteiger charge is -2.23. The van der Waals surface area contributed by atoms with E-state index >= 15 is 4.39 Å². The maximum Gasteiger partial charge on any atom is 0.262 e. The van der Waals surface area contributed by atoms with Crippen LogP contribution in [0.25, 0.3) is 0 Å². The summed E-state index contributed by atoms with van der Waals surface area (Å²) in [5, 5.41) is 2.84. The van der Waals surface area contributed by atoms with E-state index in [2.05, 4.69) is 10.3 Å². The number of amides is 2. The molecule has 1 N–H and O–H groups in total. The van der Waals surface area contributed by atoms with Gasteiger partial charge in [-0.05, 0) is 37.5 Å². The Morgan fingerprint density at radius 3 is 2.94 bits per heavy atom.